The number of rotatable bonds is 3. The molecule has 1 aromatic heterocycles. The van der Waals surface area contributed by atoms with Crippen LogP contribution in [0, 0.1) is 0 Å². The van der Waals surface area contributed by atoms with Gasteiger partial charge in [-0.15, -0.1) is 0 Å². The van der Waals surface area contributed by atoms with E-state index in [0.29, 0.717) is 5.56 Å². The molecule has 0 spiro atoms. The van der Waals surface area contributed by atoms with Crippen molar-refractivity contribution in [1.82, 2.24) is 9.99 Å². The van der Waals surface area contributed by atoms with Crippen molar-refractivity contribution < 1.29 is 4.79 Å². The second kappa shape index (κ2) is 5.64. The molecule has 0 atom stereocenters. The van der Waals surface area contributed by atoms with E-state index in [2.05, 4.69) is 26.5 Å². The zero-order valence-corrected chi connectivity index (χ0v) is 11.4. The number of hydrogen-bond acceptors (Lipinski definition) is 2. The third-order valence-corrected chi connectivity index (χ3v) is 2.93. The third kappa shape index (κ3) is 3.07. The SMILES string of the molecule is Cn1cccc1/C=N\NC(=O)c1cccc(Br)c1. The van der Waals surface area contributed by atoms with Crippen molar-refractivity contribution in [2.24, 2.45) is 12.1 Å². The molecule has 4 nitrogen and oxygen atoms in total. The van der Waals surface area contributed by atoms with Crippen LogP contribution in [0.15, 0.2) is 52.2 Å². The fourth-order valence-corrected chi connectivity index (χ4v) is 1.86. The zero-order valence-electron chi connectivity index (χ0n) is 9.80. The predicted molar refractivity (Wildman–Crippen MR) is 74.6 cm³/mol. The lowest BCUT2D eigenvalue weighted by atomic mass is 10.2. The molecule has 0 aliphatic rings. The molecular weight excluding hydrogens is 294 g/mol. The average Bonchev–Trinajstić information content (AvgIpc) is 2.75. The van der Waals surface area contributed by atoms with Crippen LogP contribution in [0.3, 0.4) is 0 Å². The number of hydrogen-bond donors (Lipinski definition) is 1. The quantitative estimate of drug-likeness (QED) is 0.687. The first-order valence-corrected chi connectivity index (χ1v) is 6.16. The van der Waals surface area contributed by atoms with Crippen LogP contribution in [0.25, 0.3) is 0 Å². The molecule has 1 aromatic carbocycles. The Kier molecular flexibility index (Phi) is 3.94. The summed E-state index contributed by atoms with van der Waals surface area (Å²) < 4.78 is 2.77. The van der Waals surface area contributed by atoms with Gasteiger partial charge < -0.3 is 4.57 Å². The van der Waals surface area contributed by atoms with Gasteiger partial charge in [-0.25, -0.2) is 5.43 Å². The van der Waals surface area contributed by atoms with Crippen molar-refractivity contribution in [3.63, 3.8) is 0 Å². The van der Waals surface area contributed by atoms with Gasteiger partial charge in [0.25, 0.3) is 5.91 Å². The number of nitrogens with zero attached hydrogens (tertiary/aromatic N) is 2. The normalized spacial score (nSPS) is 10.8. The number of benzene rings is 1. The van der Waals surface area contributed by atoms with Crippen LogP contribution in [-0.2, 0) is 7.05 Å². The lowest BCUT2D eigenvalue weighted by Crippen LogP contribution is -2.17. The minimum Gasteiger partial charge on any atom is -0.350 e. The highest BCUT2D eigenvalue weighted by atomic mass is 79.9. The van der Waals surface area contributed by atoms with Gasteiger partial charge in [-0.3, -0.25) is 4.79 Å². The molecule has 1 N–H and O–H groups in total. The first-order valence-electron chi connectivity index (χ1n) is 5.37. The highest BCUT2D eigenvalue weighted by Crippen LogP contribution is 2.11. The summed E-state index contributed by atoms with van der Waals surface area (Å²) in [5.74, 6) is -0.234. The van der Waals surface area contributed by atoms with Crippen molar-refractivity contribution in [2.45, 2.75) is 0 Å². The van der Waals surface area contributed by atoms with E-state index in [1.807, 2.05) is 36.0 Å². The molecule has 18 heavy (non-hydrogen) atoms. The number of carbonyl (C=O) groups excluding carboxylic acids is 1. The van der Waals surface area contributed by atoms with E-state index in [-0.39, 0.29) is 5.91 Å². The zero-order chi connectivity index (χ0) is 13.0. The summed E-state index contributed by atoms with van der Waals surface area (Å²) in [5, 5.41) is 3.92. The lowest BCUT2D eigenvalue weighted by Gasteiger charge is -2.00. The minimum absolute atomic E-state index is 0.234. The van der Waals surface area contributed by atoms with Crippen molar-refractivity contribution >= 4 is 28.1 Å². The summed E-state index contributed by atoms with van der Waals surface area (Å²) >= 11 is 3.32. The first-order chi connectivity index (χ1) is 8.66. The van der Waals surface area contributed by atoms with E-state index < -0.39 is 0 Å². The van der Waals surface area contributed by atoms with Crippen molar-refractivity contribution in [3.8, 4) is 0 Å². The van der Waals surface area contributed by atoms with Gasteiger partial charge in [-0.05, 0) is 30.3 Å². The summed E-state index contributed by atoms with van der Waals surface area (Å²) in [6, 6.07) is 11.0. The Balaban J connectivity index is 2.01. The Morgan fingerprint density at radius 2 is 2.22 bits per heavy atom. The Hall–Kier alpha value is -1.88. The molecule has 2 rings (SSSR count). The van der Waals surface area contributed by atoms with E-state index in [9.17, 15) is 4.79 Å². The highest BCUT2D eigenvalue weighted by molar-refractivity contribution is 9.10. The smallest absolute Gasteiger partial charge is 0.271 e. The van der Waals surface area contributed by atoms with Crippen LogP contribution in [0.5, 0.6) is 0 Å². The standard InChI is InChI=1S/C13H12BrN3O/c1-17-7-3-6-12(17)9-15-16-13(18)10-4-2-5-11(14)8-10/h2-9H,1H3,(H,16,18)/b15-9-. The topological polar surface area (TPSA) is 46.4 Å². The van der Waals surface area contributed by atoms with Gasteiger partial charge >= 0.3 is 0 Å². The molecule has 0 aliphatic heterocycles. The number of nitrogens with one attached hydrogen (secondary N) is 1. The molecule has 0 fully saturated rings. The summed E-state index contributed by atoms with van der Waals surface area (Å²) in [4.78, 5) is 11.8. The van der Waals surface area contributed by atoms with Gasteiger partial charge in [0, 0.05) is 23.3 Å². The Bertz CT molecular complexity index is 589. The van der Waals surface area contributed by atoms with Gasteiger partial charge in [0.15, 0.2) is 0 Å². The monoisotopic (exact) mass is 305 g/mol. The molecule has 5 heteroatoms. The van der Waals surface area contributed by atoms with Crippen LogP contribution in [0.1, 0.15) is 16.1 Å². The fraction of sp³-hybridized carbons (Fsp3) is 0.0769. The fourth-order valence-electron chi connectivity index (χ4n) is 1.46. The van der Waals surface area contributed by atoms with E-state index in [0.717, 1.165) is 10.2 Å². The Morgan fingerprint density at radius 3 is 2.89 bits per heavy atom. The van der Waals surface area contributed by atoms with Crippen molar-refractivity contribution in [3.05, 3.63) is 58.3 Å². The third-order valence-electron chi connectivity index (χ3n) is 2.43. The van der Waals surface area contributed by atoms with Gasteiger partial charge in [0.05, 0.1) is 11.9 Å². The highest BCUT2D eigenvalue weighted by Gasteiger charge is 2.03. The summed E-state index contributed by atoms with van der Waals surface area (Å²) in [5.41, 5.74) is 3.97. The second-order valence-corrected chi connectivity index (χ2v) is 4.67. The number of halogens is 1. The van der Waals surface area contributed by atoms with Crippen LogP contribution in [0.4, 0.5) is 0 Å². The summed E-state index contributed by atoms with van der Waals surface area (Å²) in [7, 11) is 1.91. The van der Waals surface area contributed by atoms with Crippen molar-refractivity contribution in [2.75, 3.05) is 0 Å². The molecule has 0 unspecified atom stereocenters. The number of aryl methyl sites for hydroxylation is 1. The number of hydrazone groups is 1. The minimum atomic E-state index is -0.234. The van der Waals surface area contributed by atoms with Crippen LogP contribution in [-0.4, -0.2) is 16.7 Å². The molecule has 2 aromatic rings. The van der Waals surface area contributed by atoms with Crippen LogP contribution in [0.2, 0.25) is 0 Å². The largest absolute Gasteiger partial charge is 0.350 e. The molecule has 1 heterocycles. The predicted octanol–water partition coefficient (Wildman–Crippen LogP) is 2.55. The van der Waals surface area contributed by atoms with E-state index >= 15 is 0 Å². The molecule has 0 aliphatic carbocycles. The van der Waals surface area contributed by atoms with Gasteiger partial charge in [0.2, 0.25) is 0 Å². The molecule has 0 saturated heterocycles. The van der Waals surface area contributed by atoms with Crippen LogP contribution < -0.4 is 5.43 Å². The van der Waals surface area contributed by atoms with Crippen molar-refractivity contribution in [1.29, 1.82) is 0 Å². The van der Waals surface area contributed by atoms with Gasteiger partial charge in [0.1, 0.15) is 0 Å². The molecule has 0 bridgehead atoms. The average molecular weight is 306 g/mol. The molecular formula is C13H12BrN3O. The van der Waals surface area contributed by atoms with Crippen LogP contribution >= 0.6 is 15.9 Å². The van der Waals surface area contributed by atoms with Gasteiger partial charge in [-0.1, -0.05) is 22.0 Å². The van der Waals surface area contributed by atoms with E-state index in [1.54, 1.807) is 24.4 Å². The van der Waals surface area contributed by atoms with E-state index in [4.69, 9.17) is 0 Å². The second-order valence-electron chi connectivity index (χ2n) is 3.75. The number of amides is 1. The molecule has 92 valence electrons. The lowest BCUT2D eigenvalue weighted by molar-refractivity contribution is 0.0955. The maximum atomic E-state index is 11.8. The Labute approximate surface area is 113 Å². The number of aromatic nitrogens is 1. The maximum absolute atomic E-state index is 11.8. The number of carbonyl (C=O) groups is 1. The molecule has 0 radical (unpaired) electrons. The summed E-state index contributed by atoms with van der Waals surface area (Å²) in [6.07, 6.45) is 3.52. The maximum Gasteiger partial charge on any atom is 0.271 e. The van der Waals surface area contributed by atoms with Gasteiger partial charge in [-0.2, -0.15) is 5.10 Å². The summed E-state index contributed by atoms with van der Waals surface area (Å²) in [6.45, 7) is 0. The van der Waals surface area contributed by atoms with E-state index in [1.165, 1.54) is 0 Å². The Morgan fingerprint density at radius 1 is 1.39 bits per heavy atom. The molecule has 0 saturated carbocycles. The molecule has 1 amide bonds. The first kappa shape index (κ1) is 12.6.